The van der Waals surface area contributed by atoms with Crippen molar-refractivity contribution in [1.29, 1.82) is 0 Å². The van der Waals surface area contributed by atoms with Crippen LogP contribution in [-0.2, 0) is 28.6 Å². The molecule has 0 aliphatic heterocycles. The van der Waals surface area contributed by atoms with Crippen molar-refractivity contribution in [1.82, 2.24) is 0 Å². The normalized spacial score (nSPS) is 12.5. The zero-order chi connectivity index (χ0) is 38.9. The highest BCUT2D eigenvalue weighted by Crippen LogP contribution is 2.17. The number of hydrogen-bond acceptors (Lipinski definition) is 6. The van der Waals surface area contributed by atoms with Crippen LogP contribution in [0.3, 0.4) is 0 Å². The van der Waals surface area contributed by atoms with Gasteiger partial charge in [0.2, 0.25) is 0 Å². The average molecular weight is 751 g/mol. The van der Waals surface area contributed by atoms with E-state index in [2.05, 4.69) is 27.7 Å². The molecule has 6 nitrogen and oxygen atoms in total. The maximum absolute atomic E-state index is 12.7. The number of carbonyl (C=O) groups excluding carboxylic acids is 3. The van der Waals surface area contributed by atoms with Gasteiger partial charge in [0.25, 0.3) is 0 Å². The van der Waals surface area contributed by atoms with E-state index in [-0.39, 0.29) is 31.1 Å². The van der Waals surface area contributed by atoms with Gasteiger partial charge >= 0.3 is 17.9 Å². The first-order chi connectivity index (χ1) is 25.9. The predicted octanol–water partition coefficient (Wildman–Crippen LogP) is 14.7. The quantitative estimate of drug-likeness (QED) is 0.0351. The van der Waals surface area contributed by atoms with E-state index < -0.39 is 6.10 Å². The summed E-state index contributed by atoms with van der Waals surface area (Å²) in [5, 5.41) is 0. The second-order valence-electron chi connectivity index (χ2n) is 16.3. The smallest absolute Gasteiger partial charge is 0.306 e. The van der Waals surface area contributed by atoms with Crippen LogP contribution in [0, 0.1) is 5.92 Å². The van der Waals surface area contributed by atoms with Gasteiger partial charge in [-0.1, -0.05) is 220 Å². The zero-order valence-corrected chi connectivity index (χ0v) is 36.0. The SMILES string of the molecule is CCCCCCCCCCCCCCCC(=O)OC[C@H](COC(=O)CCCCCCCCCCCC)OC(=O)CCCCCCCCCCC(C)CC. The lowest BCUT2D eigenvalue weighted by Gasteiger charge is -2.18. The molecular weight excluding hydrogens is 661 g/mol. The molecule has 2 atom stereocenters. The molecule has 314 valence electrons. The monoisotopic (exact) mass is 751 g/mol. The number of esters is 3. The lowest BCUT2D eigenvalue weighted by Crippen LogP contribution is -2.30. The Morgan fingerprint density at radius 3 is 0.981 bits per heavy atom. The van der Waals surface area contributed by atoms with Crippen LogP contribution in [0.5, 0.6) is 0 Å². The molecule has 0 heterocycles. The van der Waals surface area contributed by atoms with E-state index in [1.807, 2.05) is 0 Å². The van der Waals surface area contributed by atoms with Crippen LogP contribution in [0.15, 0.2) is 0 Å². The standard InChI is InChI=1S/C47H90O6/c1-5-8-10-12-14-16-18-19-20-22-27-31-35-39-46(49)52-42-44(41-51-45(48)38-34-30-26-21-17-15-13-11-9-6-2)53-47(50)40-36-32-28-24-23-25-29-33-37-43(4)7-3/h43-44H,5-42H2,1-4H3/t43?,44-/m0/s1. The second kappa shape index (κ2) is 41.6. The van der Waals surface area contributed by atoms with Crippen molar-refractivity contribution >= 4 is 17.9 Å². The van der Waals surface area contributed by atoms with Gasteiger partial charge in [0.1, 0.15) is 13.2 Å². The summed E-state index contributed by atoms with van der Waals surface area (Å²) in [6, 6.07) is 0. The zero-order valence-electron chi connectivity index (χ0n) is 36.0. The van der Waals surface area contributed by atoms with Gasteiger partial charge in [0, 0.05) is 19.3 Å². The van der Waals surface area contributed by atoms with E-state index in [4.69, 9.17) is 14.2 Å². The van der Waals surface area contributed by atoms with Crippen LogP contribution in [0.1, 0.15) is 259 Å². The fourth-order valence-electron chi connectivity index (χ4n) is 6.95. The van der Waals surface area contributed by atoms with Crippen LogP contribution in [0.4, 0.5) is 0 Å². The Labute approximate surface area is 329 Å². The van der Waals surface area contributed by atoms with Crippen molar-refractivity contribution in [2.45, 2.75) is 265 Å². The molecule has 1 unspecified atom stereocenters. The number of hydrogen-bond donors (Lipinski definition) is 0. The molecule has 0 aromatic carbocycles. The first-order valence-corrected chi connectivity index (χ1v) is 23.4. The molecule has 0 radical (unpaired) electrons. The fourth-order valence-corrected chi connectivity index (χ4v) is 6.95. The van der Waals surface area contributed by atoms with Crippen molar-refractivity contribution in [3.63, 3.8) is 0 Å². The van der Waals surface area contributed by atoms with Gasteiger partial charge in [0.05, 0.1) is 0 Å². The summed E-state index contributed by atoms with van der Waals surface area (Å²) in [6.45, 7) is 8.99. The first-order valence-electron chi connectivity index (χ1n) is 23.4. The predicted molar refractivity (Wildman–Crippen MR) is 224 cm³/mol. The van der Waals surface area contributed by atoms with E-state index in [0.717, 1.165) is 63.7 Å². The van der Waals surface area contributed by atoms with Crippen LogP contribution in [0.25, 0.3) is 0 Å². The molecule has 0 rings (SSSR count). The Hall–Kier alpha value is -1.59. The Morgan fingerprint density at radius 2 is 0.660 bits per heavy atom. The van der Waals surface area contributed by atoms with Crippen LogP contribution in [0.2, 0.25) is 0 Å². The van der Waals surface area contributed by atoms with Gasteiger partial charge in [-0.25, -0.2) is 0 Å². The molecule has 0 N–H and O–H groups in total. The Morgan fingerprint density at radius 1 is 0.377 bits per heavy atom. The highest BCUT2D eigenvalue weighted by molar-refractivity contribution is 5.71. The van der Waals surface area contributed by atoms with Crippen LogP contribution in [-0.4, -0.2) is 37.2 Å². The molecular formula is C47H90O6. The molecule has 0 bridgehead atoms. The summed E-state index contributed by atoms with van der Waals surface area (Å²) in [7, 11) is 0. The van der Waals surface area contributed by atoms with Crippen molar-refractivity contribution in [3.8, 4) is 0 Å². The maximum atomic E-state index is 12.7. The molecule has 0 fully saturated rings. The fraction of sp³-hybridized carbons (Fsp3) is 0.936. The topological polar surface area (TPSA) is 78.9 Å². The lowest BCUT2D eigenvalue weighted by molar-refractivity contribution is -0.167. The molecule has 6 heteroatoms. The van der Waals surface area contributed by atoms with Crippen LogP contribution < -0.4 is 0 Å². The van der Waals surface area contributed by atoms with Crippen LogP contribution >= 0.6 is 0 Å². The summed E-state index contributed by atoms with van der Waals surface area (Å²) in [6.07, 6.45) is 40.8. The van der Waals surface area contributed by atoms with Gasteiger partial charge in [0.15, 0.2) is 6.10 Å². The molecule has 0 aromatic rings. The molecule has 0 aliphatic carbocycles. The number of rotatable bonds is 42. The number of carbonyl (C=O) groups is 3. The molecule has 0 saturated carbocycles. The van der Waals surface area contributed by atoms with Gasteiger partial charge in [-0.15, -0.1) is 0 Å². The molecule has 0 aliphatic rings. The highest BCUT2D eigenvalue weighted by Gasteiger charge is 2.19. The van der Waals surface area contributed by atoms with Gasteiger partial charge in [-0.3, -0.25) is 14.4 Å². The van der Waals surface area contributed by atoms with Crippen molar-refractivity contribution in [2.75, 3.05) is 13.2 Å². The van der Waals surface area contributed by atoms with Gasteiger partial charge in [-0.2, -0.15) is 0 Å². The summed E-state index contributed by atoms with van der Waals surface area (Å²) < 4.78 is 16.7. The molecule has 53 heavy (non-hydrogen) atoms. The van der Waals surface area contributed by atoms with Crippen molar-refractivity contribution < 1.29 is 28.6 Å². The summed E-state index contributed by atoms with van der Waals surface area (Å²) in [5.41, 5.74) is 0. The van der Waals surface area contributed by atoms with E-state index in [0.29, 0.717) is 19.3 Å². The van der Waals surface area contributed by atoms with Crippen molar-refractivity contribution in [3.05, 3.63) is 0 Å². The van der Waals surface area contributed by atoms with Gasteiger partial charge < -0.3 is 14.2 Å². The average Bonchev–Trinajstić information content (AvgIpc) is 3.15. The van der Waals surface area contributed by atoms with E-state index in [1.54, 1.807) is 0 Å². The third-order valence-corrected chi connectivity index (χ3v) is 10.9. The maximum Gasteiger partial charge on any atom is 0.306 e. The third kappa shape index (κ3) is 39.9. The largest absolute Gasteiger partial charge is 0.462 e. The van der Waals surface area contributed by atoms with E-state index >= 15 is 0 Å². The van der Waals surface area contributed by atoms with Crippen molar-refractivity contribution in [2.24, 2.45) is 5.92 Å². The number of unbranched alkanes of at least 4 members (excludes halogenated alkanes) is 28. The Kier molecular flexibility index (Phi) is 40.3. The minimum absolute atomic E-state index is 0.0639. The Balaban J connectivity index is 4.33. The molecule has 0 saturated heterocycles. The molecule has 0 spiro atoms. The Bertz CT molecular complexity index is 798. The number of ether oxygens (including phenoxy) is 3. The summed E-state index contributed by atoms with van der Waals surface area (Å²) in [4.78, 5) is 37.7. The summed E-state index contributed by atoms with van der Waals surface area (Å²) in [5.74, 6) is -0.00967. The highest BCUT2D eigenvalue weighted by atomic mass is 16.6. The first kappa shape index (κ1) is 51.4. The van der Waals surface area contributed by atoms with Gasteiger partial charge in [-0.05, 0) is 25.2 Å². The van der Waals surface area contributed by atoms with E-state index in [9.17, 15) is 14.4 Å². The minimum Gasteiger partial charge on any atom is -0.462 e. The molecule has 0 aromatic heterocycles. The second-order valence-corrected chi connectivity index (χ2v) is 16.3. The minimum atomic E-state index is -0.759. The summed E-state index contributed by atoms with van der Waals surface area (Å²) >= 11 is 0. The third-order valence-electron chi connectivity index (χ3n) is 10.9. The molecule has 0 amide bonds. The van der Waals surface area contributed by atoms with E-state index in [1.165, 1.54) is 154 Å². The lowest BCUT2D eigenvalue weighted by atomic mass is 9.99.